The van der Waals surface area contributed by atoms with Crippen LogP contribution in [-0.4, -0.2) is 28.5 Å². The molecule has 0 fully saturated rings. The maximum Gasteiger partial charge on any atom is 0.389 e. The van der Waals surface area contributed by atoms with Crippen molar-refractivity contribution in [2.45, 2.75) is 19.0 Å². The van der Waals surface area contributed by atoms with Gasteiger partial charge in [-0.15, -0.1) is 0 Å². The van der Waals surface area contributed by atoms with Gasteiger partial charge >= 0.3 is 6.18 Å². The van der Waals surface area contributed by atoms with Gasteiger partial charge in [0.2, 0.25) is 5.88 Å². The molecule has 0 spiro atoms. The molecule has 0 amide bonds. The van der Waals surface area contributed by atoms with Crippen LogP contribution in [0.4, 0.5) is 13.2 Å². The second-order valence-corrected chi connectivity index (χ2v) is 3.92. The Hall–Kier alpha value is -2.05. The van der Waals surface area contributed by atoms with Crippen LogP contribution >= 0.6 is 0 Å². The van der Waals surface area contributed by atoms with Crippen LogP contribution in [0, 0.1) is 0 Å². The van der Waals surface area contributed by atoms with Gasteiger partial charge in [-0.25, -0.2) is 0 Å². The molecule has 4 nitrogen and oxygen atoms in total. The zero-order valence-corrected chi connectivity index (χ0v) is 9.85. The fourth-order valence-electron chi connectivity index (χ4n) is 1.65. The molecule has 0 unspecified atom stereocenters. The molecule has 0 aliphatic rings. The number of imidazole rings is 1. The molecule has 2 heterocycles. The zero-order valence-electron chi connectivity index (χ0n) is 9.85. The van der Waals surface area contributed by atoms with Crippen LogP contribution in [0.2, 0.25) is 0 Å². The van der Waals surface area contributed by atoms with Gasteiger partial charge in [0.1, 0.15) is 11.3 Å². The van der Waals surface area contributed by atoms with Crippen LogP contribution in [0.5, 0.6) is 5.88 Å². The molecule has 0 N–H and O–H groups in total. The number of aromatic nitrogens is 2. The van der Waals surface area contributed by atoms with Crippen molar-refractivity contribution in [1.29, 1.82) is 0 Å². The number of rotatable bonds is 5. The minimum Gasteiger partial charge on any atom is -0.476 e. The first-order chi connectivity index (χ1) is 9.01. The molecule has 102 valence electrons. The third kappa shape index (κ3) is 3.24. The van der Waals surface area contributed by atoms with E-state index in [4.69, 9.17) is 4.74 Å². The number of carbonyl (C=O) groups is 1. The average Bonchev–Trinajstić information content (AvgIpc) is 2.71. The van der Waals surface area contributed by atoms with E-state index in [0.29, 0.717) is 11.9 Å². The van der Waals surface area contributed by atoms with Crippen molar-refractivity contribution in [2.24, 2.45) is 0 Å². The second-order valence-electron chi connectivity index (χ2n) is 3.92. The maximum absolute atomic E-state index is 12.0. The first kappa shape index (κ1) is 13.4. The van der Waals surface area contributed by atoms with E-state index in [9.17, 15) is 18.0 Å². The number of hydrogen-bond donors (Lipinski definition) is 0. The SMILES string of the molecule is O=Cc1c(OCCCC(F)(F)F)nc2ccccn12. The van der Waals surface area contributed by atoms with E-state index in [1.165, 1.54) is 4.40 Å². The van der Waals surface area contributed by atoms with Crippen molar-refractivity contribution in [3.8, 4) is 5.88 Å². The normalized spacial score (nSPS) is 11.7. The topological polar surface area (TPSA) is 43.6 Å². The first-order valence-electron chi connectivity index (χ1n) is 5.63. The summed E-state index contributed by atoms with van der Waals surface area (Å²) in [5, 5.41) is 0. The predicted octanol–water partition coefficient (Wildman–Crippen LogP) is 2.87. The highest BCUT2D eigenvalue weighted by atomic mass is 19.4. The van der Waals surface area contributed by atoms with E-state index in [1.807, 2.05) is 0 Å². The smallest absolute Gasteiger partial charge is 0.389 e. The van der Waals surface area contributed by atoms with Crippen LogP contribution in [0.25, 0.3) is 5.65 Å². The van der Waals surface area contributed by atoms with Crippen molar-refractivity contribution in [3.05, 3.63) is 30.1 Å². The van der Waals surface area contributed by atoms with Gasteiger partial charge in [0.25, 0.3) is 0 Å². The fourth-order valence-corrected chi connectivity index (χ4v) is 1.65. The summed E-state index contributed by atoms with van der Waals surface area (Å²) in [5.41, 5.74) is 0.707. The summed E-state index contributed by atoms with van der Waals surface area (Å²) in [6.45, 7) is -0.135. The van der Waals surface area contributed by atoms with Crippen molar-refractivity contribution >= 4 is 11.9 Å². The third-order valence-corrected chi connectivity index (χ3v) is 2.49. The number of pyridine rings is 1. The summed E-state index contributed by atoms with van der Waals surface area (Å²) >= 11 is 0. The Morgan fingerprint density at radius 3 is 2.84 bits per heavy atom. The Kier molecular flexibility index (Phi) is 3.73. The number of fused-ring (bicyclic) bond motifs is 1. The van der Waals surface area contributed by atoms with Crippen LogP contribution in [0.3, 0.4) is 0 Å². The van der Waals surface area contributed by atoms with E-state index in [0.717, 1.165) is 0 Å². The lowest BCUT2D eigenvalue weighted by Gasteiger charge is -2.06. The van der Waals surface area contributed by atoms with Crippen molar-refractivity contribution in [2.75, 3.05) is 6.61 Å². The molecular formula is C12H11F3N2O2. The van der Waals surface area contributed by atoms with Gasteiger partial charge in [0.05, 0.1) is 6.61 Å². The minimum absolute atomic E-state index is 0.0587. The van der Waals surface area contributed by atoms with Crippen LogP contribution in [0.15, 0.2) is 24.4 Å². The number of carbonyl (C=O) groups excluding carboxylic acids is 1. The Morgan fingerprint density at radius 1 is 1.37 bits per heavy atom. The molecule has 2 rings (SSSR count). The Bertz CT molecular complexity index is 578. The summed E-state index contributed by atoms with van der Waals surface area (Å²) in [6.07, 6.45) is -3.09. The van der Waals surface area contributed by atoms with E-state index in [-0.39, 0.29) is 24.6 Å². The molecule has 0 saturated carbocycles. The lowest BCUT2D eigenvalue weighted by atomic mass is 10.3. The molecule has 19 heavy (non-hydrogen) atoms. The van der Waals surface area contributed by atoms with Crippen molar-refractivity contribution in [3.63, 3.8) is 0 Å². The average molecular weight is 272 g/mol. The number of aldehydes is 1. The van der Waals surface area contributed by atoms with Crippen molar-refractivity contribution < 1.29 is 22.7 Å². The van der Waals surface area contributed by atoms with E-state index in [2.05, 4.69) is 4.98 Å². The lowest BCUT2D eigenvalue weighted by molar-refractivity contribution is -0.136. The largest absolute Gasteiger partial charge is 0.476 e. The van der Waals surface area contributed by atoms with Gasteiger partial charge in [0, 0.05) is 12.6 Å². The highest BCUT2D eigenvalue weighted by Crippen LogP contribution is 2.22. The Balaban J connectivity index is 2.06. The van der Waals surface area contributed by atoms with Gasteiger partial charge < -0.3 is 4.74 Å². The second kappa shape index (κ2) is 5.29. The van der Waals surface area contributed by atoms with Gasteiger partial charge in [0.15, 0.2) is 6.29 Å². The zero-order chi connectivity index (χ0) is 13.9. The molecule has 0 aromatic carbocycles. The number of hydrogen-bond acceptors (Lipinski definition) is 3. The van der Waals surface area contributed by atoms with Gasteiger partial charge in [-0.05, 0) is 18.6 Å². The molecule has 0 atom stereocenters. The summed E-state index contributed by atoms with van der Waals surface area (Å²) < 4.78 is 42.6. The van der Waals surface area contributed by atoms with Gasteiger partial charge in [-0.1, -0.05) is 6.07 Å². The monoisotopic (exact) mass is 272 g/mol. The predicted molar refractivity (Wildman–Crippen MR) is 61.4 cm³/mol. The molecule has 0 aliphatic heterocycles. The quantitative estimate of drug-likeness (QED) is 0.621. The van der Waals surface area contributed by atoms with Crippen LogP contribution < -0.4 is 4.74 Å². The maximum atomic E-state index is 12.0. The standard InChI is InChI=1S/C12H11F3N2O2/c13-12(14,15)5-3-7-19-11-9(8-18)17-6-2-1-4-10(17)16-11/h1-2,4,6,8H,3,5,7H2. The Morgan fingerprint density at radius 2 is 2.16 bits per heavy atom. The van der Waals surface area contributed by atoms with Gasteiger partial charge in [-0.2, -0.15) is 18.2 Å². The molecule has 2 aromatic rings. The number of nitrogens with zero attached hydrogens (tertiary/aromatic N) is 2. The summed E-state index contributed by atoms with van der Waals surface area (Å²) in [4.78, 5) is 15.0. The number of halogens is 3. The summed E-state index contributed by atoms with van der Waals surface area (Å²) in [5.74, 6) is 0.0587. The molecule has 2 aromatic heterocycles. The van der Waals surface area contributed by atoms with Gasteiger partial charge in [-0.3, -0.25) is 9.20 Å². The molecule has 0 bridgehead atoms. The minimum atomic E-state index is -4.20. The Labute approximate surface area is 106 Å². The number of alkyl halides is 3. The fraction of sp³-hybridized carbons (Fsp3) is 0.333. The third-order valence-electron chi connectivity index (χ3n) is 2.49. The highest BCUT2D eigenvalue weighted by Gasteiger charge is 2.26. The highest BCUT2D eigenvalue weighted by molar-refractivity contribution is 5.78. The molecule has 7 heteroatoms. The van der Waals surface area contributed by atoms with Crippen LogP contribution in [-0.2, 0) is 0 Å². The van der Waals surface area contributed by atoms with Crippen molar-refractivity contribution in [1.82, 2.24) is 9.38 Å². The molecule has 0 saturated heterocycles. The van der Waals surface area contributed by atoms with E-state index in [1.54, 1.807) is 24.4 Å². The lowest BCUT2D eigenvalue weighted by Crippen LogP contribution is -2.10. The van der Waals surface area contributed by atoms with E-state index >= 15 is 0 Å². The summed E-state index contributed by atoms with van der Waals surface area (Å²) in [6, 6.07) is 5.13. The van der Waals surface area contributed by atoms with Crippen LogP contribution in [0.1, 0.15) is 23.3 Å². The number of ether oxygens (including phenoxy) is 1. The summed E-state index contributed by atoms with van der Waals surface area (Å²) in [7, 11) is 0. The molecule has 0 aliphatic carbocycles. The van der Waals surface area contributed by atoms with E-state index < -0.39 is 12.6 Å². The molecular weight excluding hydrogens is 261 g/mol. The first-order valence-corrected chi connectivity index (χ1v) is 5.63. The molecule has 0 radical (unpaired) electrons.